The Labute approximate surface area is 247 Å². The second-order valence-corrected chi connectivity index (χ2v) is 11.9. The Morgan fingerprint density at radius 1 is 0.929 bits per heavy atom. The molecule has 0 radical (unpaired) electrons. The smallest absolute Gasteiger partial charge is 0.238 e. The van der Waals surface area contributed by atoms with Gasteiger partial charge < -0.3 is 24.1 Å². The van der Waals surface area contributed by atoms with E-state index >= 15 is 0 Å². The standard InChI is InChI=1S/C33H33N3O5S/c1-2-22-20-40-16-13-36(22)19-30(38)34-21-9-10-29-27(17-21)25-7-4-6-24(33(25)42-29)23-5-3-8-26-28(37)18-31(41-32(23)26)35-11-14-39-15-12-35/h3-10,17-18,22H,2,11-16,19-20H2,1H3,(H,34,38)/t22-/m1/s1. The third-order valence-corrected chi connectivity index (χ3v) is 9.52. The van der Waals surface area contributed by atoms with Crippen LogP contribution in [-0.4, -0.2) is 69.5 Å². The van der Waals surface area contributed by atoms with Gasteiger partial charge in [0.1, 0.15) is 5.58 Å². The van der Waals surface area contributed by atoms with Crippen LogP contribution in [0.1, 0.15) is 13.3 Å². The highest BCUT2D eigenvalue weighted by molar-refractivity contribution is 7.26. The molecule has 2 aliphatic rings. The number of nitrogens with zero attached hydrogens (tertiary/aromatic N) is 2. The van der Waals surface area contributed by atoms with Crippen LogP contribution < -0.4 is 15.6 Å². The lowest BCUT2D eigenvalue weighted by Gasteiger charge is -2.34. The van der Waals surface area contributed by atoms with Crippen LogP contribution in [0.3, 0.4) is 0 Å². The number of carbonyl (C=O) groups excluding carboxylic acids is 1. The molecule has 0 aliphatic carbocycles. The molecule has 3 aromatic carbocycles. The molecule has 216 valence electrons. The Hall–Kier alpha value is -3.76. The molecule has 0 unspecified atom stereocenters. The first-order chi connectivity index (χ1) is 20.6. The minimum atomic E-state index is -0.0502. The molecular weight excluding hydrogens is 550 g/mol. The number of para-hydroxylation sites is 1. The van der Waals surface area contributed by atoms with E-state index in [2.05, 4.69) is 46.3 Å². The van der Waals surface area contributed by atoms with Crippen molar-refractivity contribution in [2.45, 2.75) is 19.4 Å². The van der Waals surface area contributed by atoms with Crippen molar-refractivity contribution < 1.29 is 18.7 Å². The molecule has 4 heterocycles. The lowest BCUT2D eigenvalue weighted by atomic mass is 10.0. The minimum Gasteiger partial charge on any atom is -0.440 e. The van der Waals surface area contributed by atoms with Gasteiger partial charge in [-0.2, -0.15) is 0 Å². The number of amides is 1. The molecule has 1 amide bonds. The van der Waals surface area contributed by atoms with Crippen LogP contribution in [0.2, 0.25) is 0 Å². The fourth-order valence-electron chi connectivity index (χ4n) is 6.06. The largest absolute Gasteiger partial charge is 0.440 e. The summed E-state index contributed by atoms with van der Waals surface area (Å²) in [7, 11) is 0. The first-order valence-electron chi connectivity index (χ1n) is 14.6. The van der Waals surface area contributed by atoms with Crippen molar-refractivity contribution in [2.24, 2.45) is 0 Å². The molecule has 8 nitrogen and oxygen atoms in total. The molecular formula is C33H33N3O5S. The second-order valence-electron chi connectivity index (χ2n) is 10.9. The van der Waals surface area contributed by atoms with Crippen LogP contribution >= 0.6 is 11.3 Å². The minimum absolute atomic E-state index is 0.0169. The number of benzene rings is 3. The van der Waals surface area contributed by atoms with Crippen molar-refractivity contribution in [1.29, 1.82) is 0 Å². The van der Waals surface area contributed by atoms with Gasteiger partial charge in [-0.25, -0.2) is 0 Å². The number of morpholine rings is 2. The highest BCUT2D eigenvalue weighted by Crippen LogP contribution is 2.42. The Kier molecular flexibility index (Phi) is 7.41. The predicted octanol–water partition coefficient (Wildman–Crippen LogP) is 5.71. The highest BCUT2D eigenvalue weighted by atomic mass is 32.1. The van der Waals surface area contributed by atoms with Crippen LogP contribution in [-0.2, 0) is 14.3 Å². The monoisotopic (exact) mass is 583 g/mol. The zero-order valence-corrected chi connectivity index (χ0v) is 24.4. The van der Waals surface area contributed by atoms with Crippen LogP contribution in [0.4, 0.5) is 11.6 Å². The van der Waals surface area contributed by atoms with Gasteiger partial charge in [-0.05, 0) is 30.7 Å². The fraction of sp³-hybridized carbons (Fsp3) is 0.333. The molecule has 2 fully saturated rings. The zero-order chi connectivity index (χ0) is 28.6. The van der Waals surface area contributed by atoms with Gasteiger partial charge in [0.05, 0.1) is 38.4 Å². The van der Waals surface area contributed by atoms with E-state index in [0.717, 1.165) is 50.0 Å². The van der Waals surface area contributed by atoms with Crippen LogP contribution in [0.15, 0.2) is 69.9 Å². The summed E-state index contributed by atoms with van der Waals surface area (Å²) in [6.45, 7) is 7.18. The maximum atomic E-state index is 13.2. The Morgan fingerprint density at radius 2 is 1.71 bits per heavy atom. The molecule has 1 atom stereocenters. The van der Waals surface area contributed by atoms with E-state index in [1.807, 2.05) is 30.3 Å². The van der Waals surface area contributed by atoms with E-state index in [0.29, 0.717) is 62.9 Å². The quantitative estimate of drug-likeness (QED) is 0.274. The molecule has 2 aliphatic heterocycles. The Morgan fingerprint density at radius 3 is 2.55 bits per heavy atom. The number of thiophene rings is 1. The third-order valence-electron chi connectivity index (χ3n) is 8.30. The van der Waals surface area contributed by atoms with Crippen molar-refractivity contribution in [3.63, 3.8) is 0 Å². The van der Waals surface area contributed by atoms with Crippen LogP contribution in [0, 0.1) is 0 Å². The van der Waals surface area contributed by atoms with E-state index in [1.165, 1.54) is 0 Å². The number of rotatable bonds is 6. The van der Waals surface area contributed by atoms with Gasteiger partial charge in [0.25, 0.3) is 0 Å². The zero-order valence-electron chi connectivity index (χ0n) is 23.6. The summed E-state index contributed by atoms with van der Waals surface area (Å²) in [5, 5.41) is 5.87. The summed E-state index contributed by atoms with van der Waals surface area (Å²) in [5.41, 5.74) is 3.24. The molecule has 5 aromatic rings. The normalized spacial score (nSPS) is 18.2. The summed E-state index contributed by atoms with van der Waals surface area (Å²) in [4.78, 5) is 30.4. The lowest BCUT2D eigenvalue weighted by Crippen LogP contribution is -2.48. The van der Waals surface area contributed by atoms with Gasteiger partial charge in [0, 0.05) is 68.7 Å². The number of nitrogens with one attached hydrogen (secondary N) is 1. The van der Waals surface area contributed by atoms with E-state index in [-0.39, 0.29) is 17.4 Å². The van der Waals surface area contributed by atoms with Crippen LogP contribution in [0.5, 0.6) is 0 Å². The average Bonchev–Trinajstić information content (AvgIpc) is 3.40. The van der Waals surface area contributed by atoms with Crippen molar-refractivity contribution >= 4 is 60.0 Å². The number of hydrogen-bond donors (Lipinski definition) is 1. The molecule has 0 spiro atoms. The second kappa shape index (κ2) is 11.5. The maximum absolute atomic E-state index is 13.2. The molecule has 9 heteroatoms. The molecule has 2 saturated heterocycles. The van der Waals surface area contributed by atoms with Gasteiger partial charge in [0.15, 0.2) is 11.3 Å². The van der Waals surface area contributed by atoms with E-state index in [1.54, 1.807) is 17.4 Å². The summed E-state index contributed by atoms with van der Waals surface area (Å²) in [6, 6.07) is 20.0. The maximum Gasteiger partial charge on any atom is 0.238 e. The first kappa shape index (κ1) is 27.1. The van der Waals surface area contributed by atoms with Crippen molar-refractivity contribution in [3.05, 3.63) is 70.9 Å². The Bertz CT molecular complexity index is 1840. The molecule has 7 rings (SSSR count). The van der Waals surface area contributed by atoms with Gasteiger partial charge in [0.2, 0.25) is 5.91 Å². The van der Waals surface area contributed by atoms with Gasteiger partial charge >= 0.3 is 0 Å². The van der Waals surface area contributed by atoms with Crippen molar-refractivity contribution in [3.8, 4) is 11.1 Å². The molecule has 2 aromatic heterocycles. The predicted molar refractivity (Wildman–Crippen MR) is 169 cm³/mol. The van der Waals surface area contributed by atoms with Crippen LogP contribution in [0.25, 0.3) is 42.3 Å². The summed E-state index contributed by atoms with van der Waals surface area (Å²) in [5.74, 6) is 0.561. The van der Waals surface area contributed by atoms with E-state index in [9.17, 15) is 9.59 Å². The van der Waals surface area contributed by atoms with Crippen molar-refractivity contribution in [1.82, 2.24) is 4.90 Å². The van der Waals surface area contributed by atoms with E-state index in [4.69, 9.17) is 13.9 Å². The SMILES string of the molecule is CC[C@@H]1COCCN1CC(=O)Nc1ccc2sc3c(-c4cccc5c(=O)cc(N6CCOCC6)oc45)cccc3c2c1. The van der Waals surface area contributed by atoms with Gasteiger partial charge in [-0.1, -0.05) is 37.3 Å². The lowest BCUT2D eigenvalue weighted by molar-refractivity contribution is -0.119. The number of anilines is 2. The molecule has 0 saturated carbocycles. The number of fused-ring (bicyclic) bond motifs is 4. The van der Waals surface area contributed by atoms with Crippen molar-refractivity contribution in [2.75, 3.05) is 62.8 Å². The third kappa shape index (κ3) is 5.07. The highest BCUT2D eigenvalue weighted by Gasteiger charge is 2.24. The number of ether oxygens (including phenoxy) is 2. The first-order valence-corrected chi connectivity index (χ1v) is 15.4. The number of carbonyl (C=O) groups is 1. The average molecular weight is 584 g/mol. The van der Waals surface area contributed by atoms with Gasteiger partial charge in [-0.3, -0.25) is 14.5 Å². The summed E-state index contributed by atoms with van der Waals surface area (Å²) >= 11 is 1.71. The van der Waals surface area contributed by atoms with E-state index < -0.39 is 0 Å². The Balaban J connectivity index is 1.24. The topological polar surface area (TPSA) is 84.2 Å². The molecule has 0 bridgehead atoms. The summed E-state index contributed by atoms with van der Waals surface area (Å²) in [6.07, 6.45) is 0.955. The fourth-order valence-corrected chi connectivity index (χ4v) is 7.27. The summed E-state index contributed by atoms with van der Waals surface area (Å²) < 4.78 is 19.8. The molecule has 1 N–H and O–H groups in total. The van der Waals surface area contributed by atoms with Gasteiger partial charge in [-0.15, -0.1) is 11.3 Å². The number of hydrogen-bond acceptors (Lipinski definition) is 8. The molecule has 42 heavy (non-hydrogen) atoms.